The van der Waals surface area contributed by atoms with Gasteiger partial charge in [-0.25, -0.2) is 4.68 Å². The van der Waals surface area contributed by atoms with Crippen molar-refractivity contribution in [2.75, 3.05) is 0 Å². The molecule has 5 heteroatoms. The van der Waals surface area contributed by atoms with Crippen molar-refractivity contribution in [1.82, 2.24) is 15.0 Å². The third kappa shape index (κ3) is 1.68. The molecule has 15 heavy (non-hydrogen) atoms. The van der Waals surface area contributed by atoms with Crippen LogP contribution in [0.4, 0.5) is 0 Å². The van der Waals surface area contributed by atoms with Crippen LogP contribution < -0.4 is 0 Å². The number of benzene rings is 1. The summed E-state index contributed by atoms with van der Waals surface area (Å²) in [5.41, 5.74) is 3.07. The van der Waals surface area contributed by atoms with E-state index in [1.54, 1.807) is 4.68 Å². The van der Waals surface area contributed by atoms with Gasteiger partial charge in [0.15, 0.2) is 0 Å². The summed E-state index contributed by atoms with van der Waals surface area (Å²) in [4.78, 5) is 0. The summed E-state index contributed by atoms with van der Waals surface area (Å²) in [6, 6.07) is 5.98. The van der Waals surface area contributed by atoms with Crippen LogP contribution in [0.1, 0.15) is 12.5 Å². The SMILES string of the molecule is CCc1cccc2c1nnn2CC=NO. The van der Waals surface area contributed by atoms with Crippen molar-refractivity contribution in [2.45, 2.75) is 19.9 Å². The molecule has 0 unspecified atom stereocenters. The van der Waals surface area contributed by atoms with E-state index < -0.39 is 0 Å². The Labute approximate surface area is 87.0 Å². The number of fused-ring (bicyclic) bond motifs is 1. The number of hydrogen-bond donors (Lipinski definition) is 1. The standard InChI is InChI=1S/C10H12N4O/c1-2-8-4-3-5-9-10(8)12-13-14(9)7-6-11-15/h3-6,15H,2,7H2,1H3. The first kappa shape index (κ1) is 9.64. The molecule has 0 amide bonds. The van der Waals surface area contributed by atoms with Gasteiger partial charge in [-0.1, -0.05) is 24.3 Å². The number of oxime groups is 1. The molecule has 0 radical (unpaired) electrons. The average Bonchev–Trinajstić information content (AvgIpc) is 2.69. The molecule has 0 saturated heterocycles. The summed E-state index contributed by atoms with van der Waals surface area (Å²) in [5, 5.41) is 19.4. The van der Waals surface area contributed by atoms with Crippen LogP contribution in [0.3, 0.4) is 0 Å². The van der Waals surface area contributed by atoms with Crippen molar-refractivity contribution in [3.63, 3.8) is 0 Å². The Morgan fingerprint density at radius 1 is 1.53 bits per heavy atom. The number of nitrogens with zero attached hydrogens (tertiary/aromatic N) is 4. The molecule has 0 fully saturated rings. The van der Waals surface area contributed by atoms with E-state index in [1.807, 2.05) is 18.2 Å². The van der Waals surface area contributed by atoms with Gasteiger partial charge < -0.3 is 5.21 Å². The maximum atomic E-state index is 8.35. The second kappa shape index (κ2) is 4.08. The van der Waals surface area contributed by atoms with E-state index in [1.165, 1.54) is 11.8 Å². The molecular weight excluding hydrogens is 192 g/mol. The third-order valence-corrected chi connectivity index (χ3v) is 2.35. The second-order valence-corrected chi connectivity index (χ2v) is 3.21. The second-order valence-electron chi connectivity index (χ2n) is 3.21. The van der Waals surface area contributed by atoms with Gasteiger partial charge in [-0.15, -0.1) is 10.3 Å². The lowest BCUT2D eigenvalue weighted by atomic mass is 10.1. The van der Waals surface area contributed by atoms with E-state index >= 15 is 0 Å². The van der Waals surface area contributed by atoms with Crippen LogP contribution in [-0.2, 0) is 13.0 Å². The first-order valence-electron chi connectivity index (χ1n) is 4.83. The minimum absolute atomic E-state index is 0.431. The molecule has 2 aromatic rings. The van der Waals surface area contributed by atoms with E-state index in [0.29, 0.717) is 6.54 Å². The van der Waals surface area contributed by atoms with Gasteiger partial charge in [-0.2, -0.15) is 0 Å². The monoisotopic (exact) mass is 204 g/mol. The fourth-order valence-corrected chi connectivity index (χ4v) is 1.58. The Bertz CT molecular complexity index is 489. The Morgan fingerprint density at radius 2 is 2.40 bits per heavy atom. The van der Waals surface area contributed by atoms with Crippen LogP contribution in [0.5, 0.6) is 0 Å². The van der Waals surface area contributed by atoms with E-state index in [4.69, 9.17) is 5.21 Å². The quantitative estimate of drug-likeness (QED) is 0.467. The van der Waals surface area contributed by atoms with Gasteiger partial charge >= 0.3 is 0 Å². The van der Waals surface area contributed by atoms with Crippen LogP contribution >= 0.6 is 0 Å². The van der Waals surface area contributed by atoms with Crippen LogP contribution in [0.15, 0.2) is 23.4 Å². The molecule has 1 heterocycles. The molecule has 78 valence electrons. The fraction of sp³-hybridized carbons (Fsp3) is 0.300. The summed E-state index contributed by atoms with van der Waals surface area (Å²) < 4.78 is 1.70. The molecule has 0 bridgehead atoms. The first-order chi connectivity index (χ1) is 7.36. The highest BCUT2D eigenvalue weighted by atomic mass is 16.4. The highest BCUT2D eigenvalue weighted by Gasteiger charge is 2.06. The Kier molecular flexibility index (Phi) is 2.62. The molecule has 5 nitrogen and oxygen atoms in total. The highest BCUT2D eigenvalue weighted by Crippen LogP contribution is 2.15. The van der Waals surface area contributed by atoms with E-state index in [9.17, 15) is 0 Å². The molecule has 2 rings (SSSR count). The molecule has 1 aromatic carbocycles. The smallest absolute Gasteiger partial charge is 0.116 e. The van der Waals surface area contributed by atoms with Crippen molar-refractivity contribution in [1.29, 1.82) is 0 Å². The Balaban J connectivity index is 2.50. The number of hydrogen-bond acceptors (Lipinski definition) is 4. The van der Waals surface area contributed by atoms with Gasteiger partial charge in [0.2, 0.25) is 0 Å². The zero-order valence-corrected chi connectivity index (χ0v) is 8.46. The number of rotatable bonds is 3. The average molecular weight is 204 g/mol. The van der Waals surface area contributed by atoms with Crippen molar-refractivity contribution < 1.29 is 5.21 Å². The van der Waals surface area contributed by atoms with E-state index in [2.05, 4.69) is 22.4 Å². The summed E-state index contributed by atoms with van der Waals surface area (Å²) in [6.45, 7) is 2.52. The van der Waals surface area contributed by atoms with Gasteiger partial charge in [-0.3, -0.25) is 0 Å². The van der Waals surface area contributed by atoms with Gasteiger partial charge in [-0.05, 0) is 18.1 Å². The normalized spacial score (nSPS) is 11.5. The zero-order valence-electron chi connectivity index (χ0n) is 8.46. The topological polar surface area (TPSA) is 63.3 Å². The molecule has 0 aliphatic heterocycles. The lowest BCUT2D eigenvalue weighted by Gasteiger charge is -1.98. The maximum Gasteiger partial charge on any atom is 0.116 e. The first-order valence-corrected chi connectivity index (χ1v) is 4.83. The Hall–Kier alpha value is -1.91. The van der Waals surface area contributed by atoms with Gasteiger partial charge in [0.1, 0.15) is 5.52 Å². The van der Waals surface area contributed by atoms with Crippen LogP contribution in [0, 0.1) is 0 Å². The lowest BCUT2D eigenvalue weighted by molar-refractivity contribution is 0.319. The van der Waals surface area contributed by atoms with Gasteiger partial charge in [0, 0.05) is 0 Å². The fourth-order valence-electron chi connectivity index (χ4n) is 1.58. The predicted octanol–water partition coefficient (Wildman–Crippen LogP) is 1.45. The molecule has 0 aliphatic carbocycles. The van der Waals surface area contributed by atoms with Crippen molar-refractivity contribution >= 4 is 17.2 Å². The zero-order chi connectivity index (χ0) is 10.7. The molecule has 1 aromatic heterocycles. The summed E-state index contributed by atoms with van der Waals surface area (Å²) in [6.07, 6.45) is 2.32. The number of aromatic nitrogens is 3. The molecule has 0 aliphatic rings. The van der Waals surface area contributed by atoms with Gasteiger partial charge in [0.25, 0.3) is 0 Å². The largest absolute Gasteiger partial charge is 0.411 e. The maximum absolute atomic E-state index is 8.35. The van der Waals surface area contributed by atoms with Crippen LogP contribution in [-0.4, -0.2) is 26.4 Å². The summed E-state index contributed by atoms with van der Waals surface area (Å²) in [5.74, 6) is 0. The van der Waals surface area contributed by atoms with Crippen LogP contribution in [0.2, 0.25) is 0 Å². The van der Waals surface area contributed by atoms with Crippen molar-refractivity contribution in [3.8, 4) is 0 Å². The van der Waals surface area contributed by atoms with E-state index in [0.717, 1.165) is 17.5 Å². The molecule has 0 spiro atoms. The molecular formula is C10H12N4O. The molecule has 0 saturated carbocycles. The predicted molar refractivity (Wildman–Crippen MR) is 57.2 cm³/mol. The molecule has 1 N–H and O–H groups in total. The minimum atomic E-state index is 0.431. The third-order valence-electron chi connectivity index (χ3n) is 2.35. The lowest BCUT2D eigenvalue weighted by Crippen LogP contribution is -2.00. The van der Waals surface area contributed by atoms with Crippen LogP contribution in [0.25, 0.3) is 11.0 Å². The van der Waals surface area contributed by atoms with Gasteiger partial charge in [0.05, 0.1) is 18.3 Å². The summed E-state index contributed by atoms with van der Waals surface area (Å²) in [7, 11) is 0. The van der Waals surface area contributed by atoms with Crippen molar-refractivity contribution in [3.05, 3.63) is 23.8 Å². The summed E-state index contributed by atoms with van der Waals surface area (Å²) >= 11 is 0. The number of aryl methyl sites for hydroxylation is 1. The minimum Gasteiger partial charge on any atom is -0.411 e. The van der Waals surface area contributed by atoms with Crippen molar-refractivity contribution in [2.24, 2.45) is 5.16 Å². The highest BCUT2D eigenvalue weighted by molar-refractivity contribution is 5.78. The Morgan fingerprint density at radius 3 is 3.13 bits per heavy atom. The van der Waals surface area contributed by atoms with E-state index in [-0.39, 0.29) is 0 Å². The molecule has 0 atom stereocenters.